The van der Waals surface area contributed by atoms with E-state index in [9.17, 15) is 9.59 Å². The SMILES string of the molecule is CN(C#N)C(=O)C1CCCCC1NC(=O)OCc1ccccc1Cl. The zero-order chi connectivity index (χ0) is 17.5. The monoisotopic (exact) mass is 349 g/mol. The fraction of sp³-hybridized carbons (Fsp3) is 0.471. The lowest BCUT2D eigenvalue weighted by Crippen LogP contribution is -2.48. The number of halogens is 1. The minimum Gasteiger partial charge on any atom is -0.445 e. The first-order valence-electron chi connectivity index (χ1n) is 7.87. The smallest absolute Gasteiger partial charge is 0.407 e. The van der Waals surface area contributed by atoms with Gasteiger partial charge in [0.15, 0.2) is 6.19 Å². The van der Waals surface area contributed by atoms with E-state index in [0.717, 1.165) is 23.3 Å². The molecule has 1 aliphatic rings. The number of hydrogen-bond donors (Lipinski definition) is 1. The molecule has 24 heavy (non-hydrogen) atoms. The zero-order valence-corrected chi connectivity index (χ0v) is 14.3. The summed E-state index contributed by atoms with van der Waals surface area (Å²) in [5, 5.41) is 12.2. The van der Waals surface area contributed by atoms with E-state index in [1.165, 1.54) is 7.05 Å². The average molecular weight is 350 g/mol. The van der Waals surface area contributed by atoms with Gasteiger partial charge in [0.1, 0.15) is 6.61 Å². The second-order valence-corrected chi connectivity index (χ2v) is 6.21. The highest BCUT2D eigenvalue weighted by Crippen LogP contribution is 2.26. The molecule has 0 radical (unpaired) electrons. The number of nitrogens with one attached hydrogen (secondary N) is 1. The van der Waals surface area contributed by atoms with Crippen LogP contribution in [0.15, 0.2) is 24.3 Å². The van der Waals surface area contributed by atoms with Crippen molar-refractivity contribution in [1.82, 2.24) is 10.2 Å². The number of nitriles is 1. The summed E-state index contributed by atoms with van der Waals surface area (Å²) < 4.78 is 5.20. The Balaban J connectivity index is 1.92. The van der Waals surface area contributed by atoms with Crippen molar-refractivity contribution in [3.63, 3.8) is 0 Å². The van der Waals surface area contributed by atoms with Crippen molar-refractivity contribution in [2.75, 3.05) is 7.05 Å². The van der Waals surface area contributed by atoms with E-state index in [0.29, 0.717) is 17.9 Å². The van der Waals surface area contributed by atoms with Crippen LogP contribution in [-0.4, -0.2) is 30.0 Å². The Morgan fingerprint density at radius 1 is 1.38 bits per heavy atom. The van der Waals surface area contributed by atoms with E-state index in [1.807, 2.05) is 12.3 Å². The van der Waals surface area contributed by atoms with Crippen LogP contribution in [0, 0.1) is 17.4 Å². The lowest BCUT2D eigenvalue weighted by Gasteiger charge is -2.31. The van der Waals surface area contributed by atoms with Crippen LogP contribution in [-0.2, 0) is 16.1 Å². The molecule has 0 spiro atoms. The molecule has 6 nitrogen and oxygen atoms in total. The Bertz CT molecular complexity index is 644. The second kappa shape index (κ2) is 8.55. The topological polar surface area (TPSA) is 82.4 Å². The van der Waals surface area contributed by atoms with E-state index in [4.69, 9.17) is 21.6 Å². The van der Waals surface area contributed by atoms with Gasteiger partial charge in [-0.2, -0.15) is 5.26 Å². The predicted molar refractivity (Wildman–Crippen MR) is 88.9 cm³/mol. The fourth-order valence-electron chi connectivity index (χ4n) is 2.85. The summed E-state index contributed by atoms with van der Waals surface area (Å²) in [7, 11) is 1.43. The molecule has 2 rings (SSSR count). The van der Waals surface area contributed by atoms with Crippen LogP contribution in [0.5, 0.6) is 0 Å². The Morgan fingerprint density at radius 2 is 2.08 bits per heavy atom. The van der Waals surface area contributed by atoms with Crippen LogP contribution in [0.3, 0.4) is 0 Å². The molecule has 0 aliphatic heterocycles. The van der Waals surface area contributed by atoms with E-state index in [1.54, 1.807) is 18.2 Å². The van der Waals surface area contributed by atoms with Crippen LogP contribution in [0.2, 0.25) is 5.02 Å². The van der Waals surface area contributed by atoms with Gasteiger partial charge in [0.2, 0.25) is 5.91 Å². The summed E-state index contributed by atoms with van der Waals surface area (Å²) in [4.78, 5) is 25.3. The molecule has 1 aromatic carbocycles. The van der Waals surface area contributed by atoms with Gasteiger partial charge < -0.3 is 10.1 Å². The maximum absolute atomic E-state index is 12.2. The van der Waals surface area contributed by atoms with Crippen LogP contribution >= 0.6 is 11.6 Å². The quantitative estimate of drug-likeness (QED) is 0.669. The molecule has 1 saturated carbocycles. The van der Waals surface area contributed by atoms with E-state index >= 15 is 0 Å². The zero-order valence-electron chi connectivity index (χ0n) is 13.5. The highest BCUT2D eigenvalue weighted by atomic mass is 35.5. The normalized spacial score (nSPS) is 19.9. The number of alkyl carbamates (subject to hydrolysis) is 1. The molecule has 2 amide bonds. The summed E-state index contributed by atoms with van der Waals surface area (Å²) >= 11 is 6.02. The van der Waals surface area contributed by atoms with E-state index in [-0.39, 0.29) is 18.6 Å². The van der Waals surface area contributed by atoms with Gasteiger partial charge in [-0.05, 0) is 18.9 Å². The number of rotatable bonds is 4. The number of ether oxygens (including phenoxy) is 1. The first-order valence-corrected chi connectivity index (χ1v) is 8.24. The summed E-state index contributed by atoms with van der Waals surface area (Å²) in [6.45, 7) is 0.0644. The van der Waals surface area contributed by atoms with Crippen LogP contribution < -0.4 is 5.32 Å². The maximum Gasteiger partial charge on any atom is 0.407 e. The second-order valence-electron chi connectivity index (χ2n) is 5.81. The number of carbonyl (C=O) groups excluding carboxylic acids is 2. The molecular formula is C17H20ClN3O3. The minimum absolute atomic E-state index is 0.0644. The highest BCUT2D eigenvalue weighted by Gasteiger charge is 2.34. The number of hydrogen-bond acceptors (Lipinski definition) is 4. The molecule has 2 unspecified atom stereocenters. The number of benzene rings is 1. The predicted octanol–water partition coefficient (Wildman–Crippen LogP) is 3.06. The lowest BCUT2D eigenvalue weighted by atomic mass is 9.83. The van der Waals surface area contributed by atoms with Gasteiger partial charge >= 0.3 is 6.09 Å². The van der Waals surface area contributed by atoms with Crippen molar-refractivity contribution in [3.05, 3.63) is 34.9 Å². The third-order valence-corrected chi connectivity index (χ3v) is 4.55. The van der Waals surface area contributed by atoms with Gasteiger partial charge in [-0.3, -0.25) is 9.69 Å². The molecule has 0 heterocycles. The first kappa shape index (κ1) is 18.1. The molecule has 1 N–H and O–H groups in total. The molecule has 0 bridgehead atoms. The van der Waals surface area contributed by atoms with Gasteiger partial charge in [-0.1, -0.05) is 42.6 Å². The van der Waals surface area contributed by atoms with E-state index in [2.05, 4.69) is 5.32 Å². The fourth-order valence-corrected chi connectivity index (χ4v) is 3.04. The minimum atomic E-state index is -0.584. The van der Waals surface area contributed by atoms with Crippen LogP contribution in [0.4, 0.5) is 4.79 Å². The Morgan fingerprint density at radius 3 is 2.79 bits per heavy atom. The van der Waals surface area contributed by atoms with Crippen molar-refractivity contribution in [3.8, 4) is 6.19 Å². The Labute approximate surface area is 146 Å². The average Bonchev–Trinajstić information content (AvgIpc) is 2.60. The van der Waals surface area contributed by atoms with Crippen LogP contribution in [0.1, 0.15) is 31.2 Å². The highest BCUT2D eigenvalue weighted by molar-refractivity contribution is 6.31. The maximum atomic E-state index is 12.2. The molecule has 0 saturated heterocycles. The third-order valence-electron chi connectivity index (χ3n) is 4.18. The van der Waals surface area contributed by atoms with Gasteiger partial charge in [0, 0.05) is 23.7 Å². The summed E-state index contributed by atoms with van der Waals surface area (Å²) in [6.07, 6.45) is 4.41. The molecular weight excluding hydrogens is 330 g/mol. The first-order chi connectivity index (χ1) is 11.5. The molecule has 1 aliphatic carbocycles. The molecule has 1 aromatic rings. The molecule has 0 aromatic heterocycles. The summed E-state index contributed by atoms with van der Waals surface area (Å²) in [6, 6.07) is 6.81. The Hall–Kier alpha value is -2.26. The van der Waals surface area contributed by atoms with Crippen molar-refractivity contribution in [1.29, 1.82) is 5.26 Å². The largest absolute Gasteiger partial charge is 0.445 e. The van der Waals surface area contributed by atoms with E-state index < -0.39 is 12.0 Å². The molecule has 128 valence electrons. The van der Waals surface area contributed by atoms with Gasteiger partial charge in [-0.25, -0.2) is 4.79 Å². The Kier molecular flexibility index (Phi) is 6.44. The number of amides is 2. The summed E-state index contributed by atoms with van der Waals surface area (Å²) in [5.74, 6) is -0.662. The molecule has 2 atom stereocenters. The van der Waals surface area contributed by atoms with Gasteiger partial charge in [0.05, 0.1) is 5.92 Å². The molecule has 7 heteroatoms. The van der Waals surface area contributed by atoms with Gasteiger partial charge in [0.25, 0.3) is 0 Å². The summed E-state index contributed by atoms with van der Waals surface area (Å²) in [5.41, 5.74) is 0.717. The third kappa shape index (κ3) is 4.62. The standard InChI is InChI=1S/C17H20ClN3O3/c1-21(11-19)16(22)13-7-3-5-9-15(13)20-17(23)24-10-12-6-2-4-8-14(12)18/h2,4,6,8,13,15H,3,5,7,9-10H2,1H3,(H,20,23). The number of carbonyl (C=O) groups is 2. The van der Waals surface area contributed by atoms with Crippen molar-refractivity contribution in [2.45, 2.75) is 38.3 Å². The van der Waals surface area contributed by atoms with Gasteiger partial charge in [-0.15, -0.1) is 0 Å². The molecule has 1 fully saturated rings. The van der Waals surface area contributed by atoms with Crippen LogP contribution in [0.25, 0.3) is 0 Å². The number of nitrogens with zero attached hydrogens (tertiary/aromatic N) is 2. The van der Waals surface area contributed by atoms with Crippen molar-refractivity contribution in [2.24, 2.45) is 5.92 Å². The lowest BCUT2D eigenvalue weighted by molar-refractivity contribution is -0.133. The van der Waals surface area contributed by atoms with Crippen molar-refractivity contribution >= 4 is 23.6 Å². The van der Waals surface area contributed by atoms with Crippen molar-refractivity contribution < 1.29 is 14.3 Å².